The predicted octanol–water partition coefficient (Wildman–Crippen LogP) is 9.19. The van der Waals surface area contributed by atoms with Crippen molar-refractivity contribution in [1.29, 1.82) is 0 Å². The number of hydrogen-bond donors (Lipinski definition) is 1. The molecule has 0 radical (unpaired) electrons. The van der Waals surface area contributed by atoms with Gasteiger partial charge in [-0.2, -0.15) is 0 Å². The van der Waals surface area contributed by atoms with Gasteiger partial charge < -0.3 is 9.84 Å². The highest BCUT2D eigenvalue weighted by Gasteiger charge is 2.35. The Hall–Kier alpha value is -3.92. The summed E-state index contributed by atoms with van der Waals surface area (Å²) in [4.78, 5) is 36.0. The van der Waals surface area contributed by atoms with Crippen molar-refractivity contribution in [3.05, 3.63) is 102 Å². The number of pyridine rings is 2. The number of carboxylic acids is 1. The molecule has 0 amide bonds. The van der Waals surface area contributed by atoms with Crippen LogP contribution in [0.3, 0.4) is 0 Å². The molecule has 224 valence electrons. The van der Waals surface area contributed by atoms with Gasteiger partial charge >= 0.3 is 11.9 Å². The molecule has 0 aliphatic rings. The lowest BCUT2D eigenvalue weighted by Crippen LogP contribution is -2.33. The molecule has 1 N–H and O–H groups in total. The van der Waals surface area contributed by atoms with Gasteiger partial charge in [0.05, 0.1) is 5.56 Å². The van der Waals surface area contributed by atoms with Gasteiger partial charge in [-0.15, -0.1) is 23.5 Å². The van der Waals surface area contributed by atoms with Gasteiger partial charge in [-0.05, 0) is 74.5 Å². The van der Waals surface area contributed by atoms with Crippen LogP contribution in [0, 0.1) is 5.82 Å². The molecule has 0 aliphatic carbocycles. The minimum Gasteiger partial charge on any atom is -0.480 e. The minimum absolute atomic E-state index is 0.000668. The van der Waals surface area contributed by atoms with E-state index in [1.807, 2.05) is 18.2 Å². The molecule has 0 aliphatic heterocycles. The van der Waals surface area contributed by atoms with Crippen LogP contribution in [0.15, 0.2) is 101 Å². The van der Waals surface area contributed by atoms with E-state index < -0.39 is 27.2 Å². The number of nitrogens with zero attached hydrogens (tertiary/aromatic N) is 2. The van der Waals surface area contributed by atoms with Crippen molar-refractivity contribution in [3.63, 3.8) is 0 Å². The lowest BCUT2D eigenvalue weighted by molar-refractivity contribution is -0.139. The molecule has 10 heteroatoms. The minimum atomic E-state index is -1.22. The first-order valence-electron chi connectivity index (χ1n) is 13.6. The monoisotopic (exact) mass is 646 g/mol. The predicted molar refractivity (Wildman–Crippen MR) is 175 cm³/mol. The van der Waals surface area contributed by atoms with Crippen molar-refractivity contribution >= 4 is 57.8 Å². The highest BCUT2D eigenvalue weighted by atomic mass is 35.5. The molecular formula is C34H28ClFN2O4S2. The summed E-state index contributed by atoms with van der Waals surface area (Å²) in [6.07, 6.45) is 4.87. The van der Waals surface area contributed by atoms with Gasteiger partial charge in [-0.3, -0.25) is 14.6 Å². The number of hydrogen-bond acceptors (Lipinski definition) is 7. The maximum atomic E-state index is 14.8. The van der Waals surface area contributed by atoms with E-state index in [2.05, 4.69) is 9.97 Å². The third-order valence-electron chi connectivity index (χ3n) is 6.88. The van der Waals surface area contributed by atoms with Crippen LogP contribution < -0.4 is 4.74 Å². The highest BCUT2D eigenvalue weighted by molar-refractivity contribution is 8.01. The number of halogens is 2. The Morgan fingerprint density at radius 1 is 0.818 bits per heavy atom. The van der Waals surface area contributed by atoms with Crippen molar-refractivity contribution in [2.75, 3.05) is 0 Å². The zero-order valence-electron chi connectivity index (χ0n) is 24.3. The smallest absolute Gasteiger partial charge is 0.328 e. The van der Waals surface area contributed by atoms with E-state index in [1.165, 1.54) is 24.0 Å². The first-order chi connectivity index (χ1) is 20.9. The molecule has 3 aromatic carbocycles. The molecule has 0 atom stereocenters. The van der Waals surface area contributed by atoms with Crippen LogP contribution >= 0.6 is 35.1 Å². The second-order valence-corrected chi connectivity index (χ2v) is 14.7. The Labute approximate surface area is 268 Å². The molecule has 5 aromatic rings. The lowest BCUT2D eigenvalue weighted by Gasteiger charge is -2.25. The fourth-order valence-corrected chi connectivity index (χ4v) is 6.75. The van der Waals surface area contributed by atoms with Crippen LogP contribution in [0.4, 0.5) is 4.39 Å². The van der Waals surface area contributed by atoms with Crippen molar-refractivity contribution < 1.29 is 23.8 Å². The topological polar surface area (TPSA) is 89.4 Å². The number of carboxylic acid groups (broad SMARTS) is 1. The molecule has 0 saturated carbocycles. The number of ether oxygens (including phenoxy) is 1. The molecular weight excluding hydrogens is 619 g/mol. The van der Waals surface area contributed by atoms with Gasteiger partial charge in [-0.1, -0.05) is 54.1 Å². The third-order valence-corrected chi connectivity index (χ3v) is 9.63. The van der Waals surface area contributed by atoms with Crippen molar-refractivity contribution in [2.45, 2.75) is 47.0 Å². The van der Waals surface area contributed by atoms with Crippen molar-refractivity contribution in [1.82, 2.24) is 9.97 Å². The summed E-state index contributed by atoms with van der Waals surface area (Å²) in [6, 6.07) is 20.8. The Morgan fingerprint density at radius 3 is 2.18 bits per heavy atom. The number of aromatic nitrogens is 2. The average molecular weight is 647 g/mol. The number of fused-ring (bicyclic) bond motifs is 1. The lowest BCUT2D eigenvalue weighted by atomic mass is 9.98. The second-order valence-electron chi connectivity index (χ2n) is 10.9. The summed E-state index contributed by atoms with van der Waals surface area (Å²) in [5.74, 6) is -1.99. The average Bonchev–Trinajstić information content (AvgIpc) is 2.98. The molecule has 44 heavy (non-hydrogen) atoms. The third kappa shape index (κ3) is 6.60. The summed E-state index contributed by atoms with van der Waals surface area (Å²) >= 11 is 8.50. The van der Waals surface area contributed by atoms with Crippen LogP contribution in [0.25, 0.3) is 33.0 Å². The van der Waals surface area contributed by atoms with E-state index in [0.717, 1.165) is 27.8 Å². The molecule has 6 nitrogen and oxygen atoms in total. The first-order valence-corrected chi connectivity index (χ1v) is 15.6. The van der Waals surface area contributed by atoms with E-state index >= 15 is 0 Å². The molecule has 0 saturated heterocycles. The maximum absolute atomic E-state index is 14.8. The molecule has 0 fully saturated rings. The van der Waals surface area contributed by atoms with Crippen LogP contribution in [0.5, 0.6) is 5.88 Å². The number of carbonyl (C=O) groups is 2. The number of thioether (sulfide) groups is 2. The number of esters is 1. The quantitative estimate of drug-likeness (QED) is 0.125. The SMILES string of the molecule is CC(C)(Sc1ccnc(OC(=O)C(C)(C)Sc2ccncc2-c2ccc(Cl)cc2)c1-c1ccc(F)c2ccccc12)C(=O)O. The molecule has 0 spiro atoms. The Balaban J connectivity index is 1.56. The summed E-state index contributed by atoms with van der Waals surface area (Å²) in [6.45, 7) is 6.69. The van der Waals surface area contributed by atoms with Gasteiger partial charge in [0.1, 0.15) is 15.3 Å². The van der Waals surface area contributed by atoms with E-state index in [9.17, 15) is 19.1 Å². The van der Waals surface area contributed by atoms with E-state index in [0.29, 0.717) is 31.8 Å². The van der Waals surface area contributed by atoms with Crippen LogP contribution in [-0.4, -0.2) is 36.5 Å². The highest BCUT2D eigenvalue weighted by Crippen LogP contribution is 2.46. The van der Waals surface area contributed by atoms with Crippen molar-refractivity contribution in [2.24, 2.45) is 0 Å². The molecule has 2 aromatic heterocycles. The normalized spacial score (nSPS) is 11.9. The summed E-state index contributed by atoms with van der Waals surface area (Å²) in [5, 5.41) is 11.4. The zero-order chi connectivity index (χ0) is 31.6. The Bertz CT molecular complexity index is 1880. The van der Waals surface area contributed by atoms with Gasteiger partial charge in [-0.25, -0.2) is 9.37 Å². The largest absolute Gasteiger partial charge is 0.480 e. The van der Waals surface area contributed by atoms with E-state index in [-0.39, 0.29) is 5.88 Å². The van der Waals surface area contributed by atoms with Crippen LogP contribution in [0.1, 0.15) is 27.7 Å². The standard InChI is InChI=1S/C34H28ClFN2O4S2/c1-33(2,31(39)40)44-28-16-18-38-30(29(28)24-13-14-26(36)23-8-6-5-7-22(23)24)42-32(41)34(3,4)43-27-15-17-37-19-25(27)20-9-11-21(35)12-10-20/h5-19H,1-4H3,(H,39,40). The number of benzene rings is 3. The molecule has 0 unspecified atom stereocenters. The second kappa shape index (κ2) is 12.6. The van der Waals surface area contributed by atoms with Gasteiger partial charge in [0, 0.05) is 44.4 Å². The molecule has 2 heterocycles. The number of aliphatic carboxylic acids is 1. The van der Waals surface area contributed by atoms with Gasteiger partial charge in [0.2, 0.25) is 5.88 Å². The summed E-state index contributed by atoms with van der Waals surface area (Å²) < 4.78 is 18.5. The number of rotatable bonds is 9. The Morgan fingerprint density at radius 2 is 1.48 bits per heavy atom. The molecule has 5 rings (SSSR count). The van der Waals surface area contributed by atoms with E-state index in [4.69, 9.17) is 16.3 Å². The van der Waals surface area contributed by atoms with Crippen LogP contribution in [-0.2, 0) is 9.59 Å². The zero-order valence-corrected chi connectivity index (χ0v) is 26.7. The molecule has 0 bridgehead atoms. The van der Waals surface area contributed by atoms with Crippen molar-refractivity contribution in [3.8, 4) is 28.1 Å². The van der Waals surface area contributed by atoms with Gasteiger partial charge in [0.15, 0.2) is 0 Å². The first kappa shape index (κ1) is 31.5. The fraction of sp³-hybridized carbons (Fsp3) is 0.176. The number of carbonyl (C=O) groups excluding carboxylic acids is 1. The Kier molecular flexibility index (Phi) is 9.02. The summed E-state index contributed by atoms with van der Waals surface area (Å²) in [7, 11) is 0. The van der Waals surface area contributed by atoms with E-state index in [1.54, 1.807) is 88.6 Å². The maximum Gasteiger partial charge on any atom is 0.328 e. The fourth-order valence-electron chi connectivity index (χ4n) is 4.48. The van der Waals surface area contributed by atoms with Crippen LogP contribution in [0.2, 0.25) is 5.02 Å². The summed E-state index contributed by atoms with van der Waals surface area (Å²) in [5.41, 5.74) is 2.70. The van der Waals surface area contributed by atoms with Gasteiger partial charge in [0.25, 0.3) is 0 Å².